The Morgan fingerprint density at radius 3 is 2.86 bits per heavy atom. The first-order valence-corrected chi connectivity index (χ1v) is 6.98. The molecule has 0 spiro atoms. The lowest BCUT2D eigenvalue weighted by Gasteiger charge is -2.21. The van der Waals surface area contributed by atoms with Crippen molar-refractivity contribution >= 4 is 11.6 Å². The molecule has 1 saturated heterocycles. The summed E-state index contributed by atoms with van der Waals surface area (Å²) in [5, 5.41) is 11.2. The normalized spacial score (nSPS) is 15.1. The predicted octanol–water partition coefficient (Wildman–Crippen LogP) is 1.92. The Morgan fingerprint density at radius 2 is 2.19 bits per heavy atom. The van der Waals surface area contributed by atoms with Gasteiger partial charge in [0.2, 0.25) is 5.91 Å². The van der Waals surface area contributed by atoms with Crippen LogP contribution in [-0.2, 0) is 9.53 Å². The predicted molar refractivity (Wildman–Crippen MR) is 77.2 cm³/mol. The van der Waals surface area contributed by atoms with Gasteiger partial charge in [0.25, 0.3) is 0 Å². The SMILES string of the molecule is O=C(Nc1ccc(C#CCCO)cc1F)C1CCOCC1. The standard InChI is InChI=1S/C16H18FNO3/c17-14-11-12(3-1-2-8-19)4-5-15(14)18-16(20)13-6-9-21-10-7-13/h4-5,11,13,19H,2,6-10H2,(H,18,20). The largest absolute Gasteiger partial charge is 0.395 e. The van der Waals surface area contributed by atoms with Gasteiger partial charge in [0, 0.05) is 31.1 Å². The first kappa shape index (κ1) is 15.5. The molecule has 1 aliphatic heterocycles. The van der Waals surface area contributed by atoms with E-state index < -0.39 is 5.82 Å². The summed E-state index contributed by atoms with van der Waals surface area (Å²) >= 11 is 0. The zero-order valence-electron chi connectivity index (χ0n) is 11.7. The summed E-state index contributed by atoms with van der Waals surface area (Å²) in [6, 6.07) is 4.44. The van der Waals surface area contributed by atoms with E-state index >= 15 is 0 Å². The van der Waals surface area contributed by atoms with Crippen LogP contribution in [0.5, 0.6) is 0 Å². The summed E-state index contributed by atoms with van der Waals surface area (Å²) in [6.45, 7) is 1.12. The quantitative estimate of drug-likeness (QED) is 0.837. The van der Waals surface area contributed by atoms with Crippen LogP contribution in [0.25, 0.3) is 0 Å². The third kappa shape index (κ3) is 4.55. The molecule has 0 bridgehead atoms. The molecule has 0 aromatic heterocycles. The molecule has 2 rings (SSSR count). The summed E-state index contributed by atoms with van der Waals surface area (Å²) in [4.78, 5) is 12.0. The first-order valence-electron chi connectivity index (χ1n) is 6.98. The fourth-order valence-corrected chi connectivity index (χ4v) is 2.11. The third-order valence-electron chi connectivity index (χ3n) is 3.29. The third-order valence-corrected chi connectivity index (χ3v) is 3.29. The van der Waals surface area contributed by atoms with Crippen molar-refractivity contribution in [3.8, 4) is 11.8 Å². The van der Waals surface area contributed by atoms with Crippen LogP contribution in [0.15, 0.2) is 18.2 Å². The fraction of sp³-hybridized carbons (Fsp3) is 0.438. The Morgan fingerprint density at radius 1 is 1.43 bits per heavy atom. The van der Waals surface area contributed by atoms with Gasteiger partial charge in [0.05, 0.1) is 12.3 Å². The number of hydrogen-bond donors (Lipinski definition) is 2. The van der Waals surface area contributed by atoms with E-state index in [1.165, 1.54) is 12.1 Å². The second-order valence-electron chi connectivity index (χ2n) is 4.85. The number of carbonyl (C=O) groups is 1. The minimum Gasteiger partial charge on any atom is -0.395 e. The van der Waals surface area contributed by atoms with E-state index in [2.05, 4.69) is 17.2 Å². The van der Waals surface area contributed by atoms with Crippen molar-refractivity contribution in [1.29, 1.82) is 0 Å². The molecule has 0 saturated carbocycles. The van der Waals surface area contributed by atoms with Crippen molar-refractivity contribution in [2.75, 3.05) is 25.1 Å². The van der Waals surface area contributed by atoms with E-state index in [0.717, 1.165) is 0 Å². The van der Waals surface area contributed by atoms with Gasteiger partial charge >= 0.3 is 0 Å². The van der Waals surface area contributed by atoms with Gasteiger partial charge < -0.3 is 15.2 Å². The Bertz CT molecular complexity index is 556. The highest BCUT2D eigenvalue weighted by molar-refractivity contribution is 5.92. The molecule has 1 aliphatic rings. The molecule has 112 valence electrons. The topological polar surface area (TPSA) is 58.6 Å². The highest BCUT2D eigenvalue weighted by Gasteiger charge is 2.22. The van der Waals surface area contributed by atoms with Crippen LogP contribution in [0.2, 0.25) is 0 Å². The molecule has 2 N–H and O–H groups in total. The molecular formula is C16H18FNO3. The summed E-state index contributed by atoms with van der Waals surface area (Å²) < 4.78 is 19.1. The van der Waals surface area contributed by atoms with E-state index in [9.17, 15) is 9.18 Å². The summed E-state index contributed by atoms with van der Waals surface area (Å²) in [5.74, 6) is 4.67. The van der Waals surface area contributed by atoms with Crippen LogP contribution in [0.4, 0.5) is 10.1 Å². The zero-order chi connectivity index (χ0) is 15.1. The molecule has 0 radical (unpaired) electrons. The van der Waals surface area contributed by atoms with E-state index in [-0.39, 0.29) is 24.1 Å². The highest BCUT2D eigenvalue weighted by Crippen LogP contribution is 2.20. The molecule has 4 nitrogen and oxygen atoms in total. The van der Waals surface area contributed by atoms with Crippen LogP contribution in [0.1, 0.15) is 24.8 Å². The Hall–Kier alpha value is -1.90. The van der Waals surface area contributed by atoms with Crippen molar-refractivity contribution < 1.29 is 19.0 Å². The van der Waals surface area contributed by atoms with E-state index in [0.29, 0.717) is 38.0 Å². The molecule has 1 aromatic carbocycles. The molecular weight excluding hydrogens is 273 g/mol. The molecule has 1 amide bonds. The van der Waals surface area contributed by atoms with Gasteiger partial charge in [-0.3, -0.25) is 4.79 Å². The van der Waals surface area contributed by atoms with Crippen LogP contribution < -0.4 is 5.32 Å². The Kier molecular flexibility index (Phi) is 5.73. The Labute approximate surface area is 123 Å². The van der Waals surface area contributed by atoms with Crippen molar-refractivity contribution in [2.45, 2.75) is 19.3 Å². The molecule has 0 atom stereocenters. The van der Waals surface area contributed by atoms with Gasteiger partial charge in [-0.15, -0.1) is 0 Å². The van der Waals surface area contributed by atoms with Crippen molar-refractivity contribution in [3.63, 3.8) is 0 Å². The van der Waals surface area contributed by atoms with Crippen molar-refractivity contribution in [3.05, 3.63) is 29.6 Å². The van der Waals surface area contributed by atoms with Gasteiger partial charge in [-0.05, 0) is 31.0 Å². The first-order chi connectivity index (χ1) is 10.2. The second-order valence-corrected chi connectivity index (χ2v) is 4.85. The van der Waals surface area contributed by atoms with Crippen LogP contribution in [0.3, 0.4) is 0 Å². The van der Waals surface area contributed by atoms with Gasteiger partial charge in [-0.2, -0.15) is 0 Å². The van der Waals surface area contributed by atoms with E-state index in [4.69, 9.17) is 9.84 Å². The minimum absolute atomic E-state index is 0.0191. The van der Waals surface area contributed by atoms with E-state index in [1.807, 2.05) is 0 Å². The minimum atomic E-state index is -0.508. The summed E-state index contributed by atoms with van der Waals surface area (Å²) in [7, 11) is 0. The number of anilines is 1. The van der Waals surface area contributed by atoms with Crippen LogP contribution in [0, 0.1) is 23.6 Å². The van der Waals surface area contributed by atoms with Crippen molar-refractivity contribution in [1.82, 2.24) is 0 Å². The molecule has 21 heavy (non-hydrogen) atoms. The average molecular weight is 291 g/mol. The monoisotopic (exact) mass is 291 g/mol. The molecule has 1 fully saturated rings. The van der Waals surface area contributed by atoms with E-state index in [1.54, 1.807) is 6.07 Å². The lowest BCUT2D eigenvalue weighted by Crippen LogP contribution is -2.28. The number of benzene rings is 1. The number of ether oxygens (including phenoxy) is 1. The van der Waals surface area contributed by atoms with Gasteiger partial charge in [-0.25, -0.2) is 4.39 Å². The lowest BCUT2D eigenvalue weighted by atomic mass is 9.99. The number of aliphatic hydroxyl groups is 1. The number of aliphatic hydroxyl groups excluding tert-OH is 1. The molecule has 0 unspecified atom stereocenters. The summed E-state index contributed by atoms with van der Waals surface area (Å²) in [6.07, 6.45) is 1.68. The maximum absolute atomic E-state index is 13.9. The number of halogens is 1. The number of nitrogens with one attached hydrogen (secondary N) is 1. The average Bonchev–Trinajstić information content (AvgIpc) is 2.51. The maximum Gasteiger partial charge on any atom is 0.227 e. The van der Waals surface area contributed by atoms with Gasteiger partial charge in [-0.1, -0.05) is 11.8 Å². The second kappa shape index (κ2) is 7.77. The maximum atomic E-state index is 13.9. The molecule has 0 aliphatic carbocycles. The molecule has 1 heterocycles. The highest BCUT2D eigenvalue weighted by atomic mass is 19.1. The lowest BCUT2D eigenvalue weighted by molar-refractivity contribution is -0.122. The van der Waals surface area contributed by atoms with Gasteiger partial charge in [0.15, 0.2) is 0 Å². The number of carbonyl (C=O) groups excluding carboxylic acids is 1. The smallest absolute Gasteiger partial charge is 0.227 e. The summed E-state index contributed by atoms with van der Waals surface area (Å²) in [5.41, 5.74) is 0.684. The molecule has 1 aromatic rings. The van der Waals surface area contributed by atoms with Crippen molar-refractivity contribution in [2.24, 2.45) is 5.92 Å². The van der Waals surface area contributed by atoms with Crippen LogP contribution >= 0.6 is 0 Å². The fourth-order valence-electron chi connectivity index (χ4n) is 2.11. The Balaban J connectivity index is 2.00. The molecule has 5 heteroatoms. The van der Waals surface area contributed by atoms with Gasteiger partial charge in [0.1, 0.15) is 5.82 Å². The zero-order valence-corrected chi connectivity index (χ0v) is 11.7. The van der Waals surface area contributed by atoms with Crippen LogP contribution in [-0.4, -0.2) is 30.8 Å². The number of hydrogen-bond acceptors (Lipinski definition) is 3. The number of amides is 1. The number of rotatable bonds is 3.